The van der Waals surface area contributed by atoms with Crippen LogP contribution >= 0.6 is 0 Å². The number of halogens is 1. The fourth-order valence-electron chi connectivity index (χ4n) is 2.08. The molecule has 106 valence electrons. The maximum atomic E-state index is 13.0. The zero-order chi connectivity index (χ0) is 14.3. The lowest BCUT2D eigenvalue weighted by Gasteiger charge is -2.23. The lowest BCUT2D eigenvalue weighted by atomic mass is 10.0. The summed E-state index contributed by atoms with van der Waals surface area (Å²) < 4.78 is 39.6. The second-order valence-corrected chi connectivity index (χ2v) is 7.10. The summed E-state index contributed by atoms with van der Waals surface area (Å²) >= 11 is 0. The van der Waals surface area contributed by atoms with Gasteiger partial charge in [-0.25, -0.2) is 17.5 Å². The Labute approximate surface area is 112 Å². The van der Waals surface area contributed by atoms with E-state index in [-0.39, 0.29) is 17.4 Å². The van der Waals surface area contributed by atoms with Gasteiger partial charge < -0.3 is 5.11 Å². The molecule has 0 aliphatic heterocycles. The molecule has 1 aliphatic carbocycles. The van der Waals surface area contributed by atoms with E-state index in [0.29, 0.717) is 5.56 Å². The van der Waals surface area contributed by atoms with Crippen molar-refractivity contribution < 1.29 is 17.9 Å². The summed E-state index contributed by atoms with van der Waals surface area (Å²) in [5, 5.41) is 10.1. The van der Waals surface area contributed by atoms with Crippen molar-refractivity contribution in [1.29, 1.82) is 0 Å². The molecule has 0 saturated heterocycles. The van der Waals surface area contributed by atoms with Gasteiger partial charge in [0, 0.05) is 6.54 Å². The Balaban J connectivity index is 2.14. The zero-order valence-electron chi connectivity index (χ0n) is 11.0. The molecule has 6 heteroatoms. The second kappa shape index (κ2) is 4.85. The highest BCUT2D eigenvalue weighted by atomic mass is 32.2. The van der Waals surface area contributed by atoms with Crippen LogP contribution < -0.4 is 4.72 Å². The van der Waals surface area contributed by atoms with Crippen molar-refractivity contribution in [3.63, 3.8) is 0 Å². The molecule has 0 radical (unpaired) electrons. The Morgan fingerprint density at radius 3 is 2.63 bits per heavy atom. The predicted molar refractivity (Wildman–Crippen MR) is 69.7 cm³/mol. The number of aryl methyl sites for hydroxylation is 1. The number of hydrogen-bond acceptors (Lipinski definition) is 3. The van der Waals surface area contributed by atoms with E-state index in [9.17, 15) is 17.9 Å². The average molecular weight is 287 g/mol. The lowest BCUT2D eigenvalue weighted by molar-refractivity contribution is 0.0422. The Kier molecular flexibility index (Phi) is 3.68. The third-order valence-corrected chi connectivity index (χ3v) is 5.06. The number of hydrogen-bond donors (Lipinski definition) is 2. The van der Waals surface area contributed by atoms with Crippen LogP contribution in [0.3, 0.4) is 0 Å². The van der Waals surface area contributed by atoms with E-state index in [1.807, 2.05) is 0 Å². The highest BCUT2D eigenvalue weighted by Gasteiger charge is 2.40. The molecule has 1 fully saturated rings. The van der Waals surface area contributed by atoms with Gasteiger partial charge in [-0.05, 0) is 56.4 Å². The predicted octanol–water partition coefficient (Wildman–Crippen LogP) is 1.57. The molecule has 0 bridgehead atoms. The summed E-state index contributed by atoms with van der Waals surface area (Å²) in [6.45, 7) is 3.14. The van der Waals surface area contributed by atoms with E-state index in [0.717, 1.165) is 18.9 Å². The SMILES string of the molecule is Cc1cc(F)ccc1S(=O)(=O)NCC(C)(O)C1CC1. The molecule has 1 saturated carbocycles. The minimum absolute atomic E-state index is 0.0309. The normalized spacial score (nSPS) is 19.2. The summed E-state index contributed by atoms with van der Waals surface area (Å²) in [6.07, 6.45) is 1.84. The number of nitrogens with one attached hydrogen (secondary N) is 1. The maximum Gasteiger partial charge on any atom is 0.240 e. The fraction of sp³-hybridized carbons (Fsp3) is 0.538. The first-order chi connectivity index (χ1) is 8.72. The van der Waals surface area contributed by atoms with E-state index >= 15 is 0 Å². The van der Waals surface area contributed by atoms with Crippen molar-refractivity contribution in [1.82, 2.24) is 4.72 Å². The summed E-state index contributed by atoms with van der Waals surface area (Å²) in [5.41, 5.74) is -0.681. The standard InChI is InChI=1S/C13H18FNO3S/c1-9-7-11(14)5-6-12(9)19(17,18)15-8-13(2,16)10-3-4-10/h5-7,10,15-16H,3-4,8H2,1-2H3. The Hall–Kier alpha value is -0.980. The number of rotatable bonds is 5. The minimum atomic E-state index is -3.72. The van der Waals surface area contributed by atoms with Crippen molar-refractivity contribution in [2.75, 3.05) is 6.54 Å². The molecule has 0 aromatic heterocycles. The monoisotopic (exact) mass is 287 g/mol. The summed E-state index contributed by atoms with van der Waals surface area (Å²) in [7, 11) is -3.72. The number of aliphatic hydroxyl groups is 1. The molecule has 1 unspecified atom stereocenters. The first kappa shape index (κ1) is 14.4. The Bertz CT molecular complexity index is 580. The van der Waals surface area contributed by atoms with Gasteiger partial charge in [0.25, 0.3) is 0 Å². The maximum absolute atomic E-state index is 13.0. The van der Waals surface area contributed by atoms with Gasteiger partial charge in [0.1, 0.15) is 5.82 Å². The second-order valence-electron chi connectivity index (χ2n) is 5.37. The van der Waals surface area contributed by atoms with Crippen LogP contribution in [0.2, 0.25) is 0 Å². The van der Waals surface area contributed by atoms with Gasteiger partial charge in [-0.15, -0.1) is 0 Å². The van der Waals surface area contributed by atoms with Crippen molar-refractivity contribution in [2.24, 2.45) is 5.92 Å². The molecule has 2 N–H and O–H groups in total. The summed E-state index contributed by atoms with van der Waals surface area (Å²) in [4.78, 5) is 0.0421. The highest BCUT2D eigenvalue weighted by molar-refractivity contribution is 7.89. The third kappa shape index (κ3) is 3.32. The van der Waals surface area contributed by atoms with Crippen molar-refractivity contribution in [3.05, 3.63) is 29.6 Å². The van der Waals surface area contributed by atoms with Crippen molar-refractivity contribution in [3.8, 4) is 0 Å². The molecule has 1 aromatic carbocycles. The van der Waals surface area contributed by atoms with Crippen LogP contribution in [0.1, 0.15) is 25.3 Å². The Morgan fingerprint density at radius 2 is 2.11 bits per heavy atom. The van der Waals surface area contributed by atoms with Crippen molar-refractivity contribution >= 4 is 10.0 Å². The first-order valence-electron chi connectivity index (χ1n) is 6.20. The van der Waals surface area contributed by atoms with E-state index in [2.05, 4.69) is 4.72 Å². The summed E-state index contributed by atoms with van der Waals surface area (Å²) in [5.74, 6) is -0.314. The largest absolute Gasteiger partial charge is 0.389 e. The average Bonchev–Trinajstić information content (AvgIpc) is 3.10. The minimum Gasteiger partial charge on any atom is -0.389 e. The van der Waals surface area contributed by atoms with Crippen LogP contribution in [0, 0.1) is 18.7 Å². The Morgan fingerprint density at radius 1 is 1.47 bits per heavy atom. The highest BCUT2D eigenvalue weighted by Crippen LogP contribution is 2.39. The molecular formula is C13H18FNO3S. The van der Waals surface area contributed by atoms with E-state index < -0.39 is 21.4 Å². The van der Waals surface area contributed by atoms with Crippen LogP contribution in [-0.4, -0.2) is 25.7 Å². The van der Waals surface area contributed by atoms with Gasteiger partial charge >= 0.3 is 0 Å². The molecule has 0 amide bonds. The first-order valence-corrected chi connectivity index (χ1v) is 7.69. The smallest absolute Gasteiger partial charge is 0.240 e. The van der Waals surface area contributed by atoms with Gasteiger partial charge in [0.15, 0.2) is 0 Å². The zero-order valence-corrected chi connectivity index (χ0v) is 11.8. The van der Waals surface area contributed by atoms with Crippen LogP contribution in [0.4, 0.5) is 4.39 Å². The third-order valence-electron chi connectivity index (χ3n) is 3.50. The molecule has 19 heavy (non-hydrogen) atoms. The summed E-state index contributed by atoms with van der Waals surface area (Å²) in [6, 6.07) is 3.52. The van der Waals surface area contributed by atoms with Gasteiger partial charge in [-0.3, -0.25) is 0 Å². The van der Waals surface area contributed by atoms with Crippen molar-refractivity contribution in [2.45, 2.75) is 37.2 Å². The number of sulfonamides is 1. The van der Waals surface area contributed by atoms with E-state index in [1.54, 1.807) is 6.92 Å². The van der Waals surface area contributed by atoms with Crippen LogP contribution in [-0.2, 0) is 10.0 Å². The van der Waals surface area contributed by atoms with Crippen LogP contribution in [0.5, 0.6) is 0 Å². The van der Waals surface area contributed by atoms with Crippen LogP contribution in [0.25, 0.3) is 0 Å². The molecule has 0 heterocycles. The van der Waals surface area contributed by atoms with Gasteiger partial charge in [-0.2, -0.15) is 0 Å². The van der Waals surface area contributed by atoms with Gasteiger partial charge in [0.2, 0.25) is 10.0 Å². The quantitative estimate of drug-likeness (QED) is 0.864. The number of benzene rings is 1. The molecule has 4 nitrogen and oxygen atoms in total. The van der Waals surface area contributed by atoms with Gasteiger partial charge in [-0.1, -0.05) is 0 Å². The topological polar surface area (TPSA) is 66.4 Å². The van der Waals surface area contributed by atoms with E-state index in [1.165, 1.54) is 19.1 Å². The molecule has 1 aromatic rings. The molecule has 2 rings (SSSR count). The molecule has 1 aliphatic rings. The molecule has 1 atom stereocenters. The fourth-order valence-corrected chi connectivity index (χ4v) is 3.45. The van der Waals surface area contributed by atoms with Gasteiger partial charge in [0.05, 0.1) is 10.5 Å². The molecule has 0 spiro atoms. The molecular weight excluding hydrogens is 269 g/mol. The van der Waals surface area contributed by atoms with E-state index in [4.69, 9.17) is 0 Å². The lowest BCUT2D eigenvalue weighted by Crippen LogP contribution is -2.42. The van der Waals surface area contributed by atoms with Crippen LogP contribution in [0.15, 0.2) is 23.1 Å².